The highest BCUT2D eigenvalue weighted by Gasteiger charge is 2.15. The van der Waals surface area contributed by atoms with E-state index in [0.717, 1.165) is 48.1 Å². The number of rotatable bonds is 8. The quantitative estimate of drug-likeness (QED) is 0.468. The molecule has 2 heterocycles. The SMILES string of the molecule is COc1ccc2[nH]cc(CCN(C)n3cc(CCN(C)C)c4c(O)cccc43)c2c1. The van der Waals surface area contributed by atoms with Crippen molar-refractivity contribution in [3.05, 3.63) is 59.9 Å². The summed E-state index contributed by atoms with van der Waals surface area (Å²) in [6.45, 7) is 1.78. The maximum absolute atomic E-state index is 10.5. The molecule has 0 radical (unpaired) electrons. The van der Waals surface area contributed by atoms with Crippen molar-refractivity contribution in [2.24, 2.45) is 0 Å². The van der Waals surface area contributed by atoms with Gasteiger partial charge in [0.1, 0.15) is 11.5 Å². The number of aromatic amines is 1. The predicted molar refractivity (Wildman–Crippen MR) is 123 cm³/mol. The molecule has 6 nitrogen and oxygen atoms in total. The number of nitrogens with one attached hydrogen (secondary N) is 1. The number of fused-ring (bicyclic) bond motifs is 2. The van der Waals surface area contributed by atoms with Gasteiger partial charge in [0.15, 0.2) is 0 Å². The lowest BCUT2D eigenvalue weighted by molar-refractivity contribution is 0.413. The number of aromatic hydroxyl groups is 1. The number of hydrogen-bond acceptors (Lipinski definition) is 4. The third-order valence-electron chi connectivity index (χ3n) is 5.74. The second kappa shape index (κ2) is 8.32. The number of benzene rings is 2. The number of likely N-dealkylation sites (N-methyl/N-ethyl adjacent to an activating group) is 2. The highest BCUT2D eigenvalue weighted by Crippen LogP contribution is 2.30. The van der Waals surface area contributed by atoms with Crippen molar-refractivity contribution in [1.82, 2.24) is 14.6 Å². The summed E-state index contributed by atoms with van der Waals surface area (Å²) >= 11 is 0. The number of hydrogen-bond donors (Lipinski definition) is 2. The Morgan fingerprint density at radius 3 is 2.60 bits per heavy atom. The lowest BCUT2D eigenvalue weighted by Crippen LogP contribution is -2.31. The van der Waals surface area contributed by atoms with Crippen molar-refractivity contribution in [2.45, 2.75) is 12.8 Å². The van der Waals surface area contributed by atoms with Crippen molar-refractivity contribution < 1.29 is 9.84 Å². The molecule has 158 valence electrons. The van der Waals surface area contributed by atoms with Crippen LogP contribution in [0, 0.1) is 0 Å². The second-order valence-electron chi connectivity index (χ2n) is 8.08. The normalized spacial score (nSPS) is 11.6. The van der Waals surface area contributed by atoms with Gasteiger partial charge in [-0.15, -0.1) is 0 Å². The maximum atomic E-state index is 10.5. The first kappa shape index (κ1) is 20.2. The molecule has 2 aromatic heterocycles. The summed E-state index contributed by atoms with van der Waals surface area (Å²) in [6, 6.07) is 11.9. The van der Waals surface area contributed by atoms with Crippen LogP contribution < -0.4 is 9.75 Å². The lowest BCUT2D eigenvalue weighted by Gasteiger charge is -2.22. The summed E-state index contributed by atoms with van der Waals surface area (Å²) in [5, 5.41) is 14.9. The van der Waals surface area contributed by atoms with E-state index in [1.165, 1.54) is 16.5 Å². The summed E-state index contributed by atoms with van der Waals surface area (Å²) in [7, 11) is 7.93. The van der Waals surface area contributed by atoms with Crippen molar-refractivity contribution in [2.75, 3.05) is 46.4 Å². The molecule has 0 saturated carbocycles. The zero-order chi connectivity index (χ0) is 21.3. The minimum absolute atomic E-state index is 0.345. The van der Waals surface area contributed by atoms with Crippen molar-refractivity contribution in [3.8, 4) is 11.5 Å². The van der Waals surface area contributed by atoms with Crippen LogP contribution in [-0.4, -0.2) is 61.0 Å². The van der Waals surface area contributed by atoms with Gasteiger partial charge in [0.2, 0.25) is 0 Å². The first-order valence-electron chi connectivity index (χ1n) is 10.3. The summed E-state index contributed by atoms with van der Waals surface area (Å²) in [5.41, 5.74) is 4.59. The smallest absolute Gasteiger partial charge is 0.125 e. The minimum atomic E-state index is 0.345. The zero-order valence-electron chi connectivity index (χ0n) is 18.1. The van der Waals surface area contributed by atoms with E-state index in [1.54, 1.807) is 13.2 Å². The molecule has 4 aromatic rings. The van der Waals surface area contributed by atoms with Crippen LogP contribution in [0.3, 0.4) is 0 Å². The number of aromatic nitrogens is 2. The summed E-state index contributed by atoms with van der Waals surface area (Å²) in [4.78, 5) is 5.52. The molecule has 0 aliphatic rings. The van der Waals surface area contributed by atoms with Crippen LogP contribution in [0.5, 0.6) is 11.5 Å². The Labute approximate surface area is 177 Å². The van der Waals surface area contributed by atoms with Gasteiger partial charge >= 0.3 is 0 Å². The van der Waals surface area contributed by atoms with E-state index in [9.17, 15) is 5.11 Å². The van der Waals surface area contributed by atoms with E-state index >= 15 is 0 Å². The molecule has 0 unspecified atom stereocenters. The monoisotopic (exact) mass is 406 g/mol. The van der Waals surface area contributed by atoms with E-state index in [-0.39, 0.29) is 0 Å². The number of methoxy groups -OCH3 is 1. The van der Waals surface area contributed by atoms with Gasteiger partial charge in [-0.1, -0.05) is 6.07 Å². The summed E-state index contributed by atoms with van der Waals surface area (Å²) in [6.07, 6.45) is 6.03. The van der Waals surface area contributed by atoms with Crippen LogP contribution in [0.15, 0.2) is 48.8 Å². The van der Waals surface area contributed by atoms with E-state index in [0.29, 0.717) is 5.75 Å². The largest absolute Gasteiger partial charge is 0.507 e. The molecular formula is C24H30N4O2. The standard InChI is InChI=1S/C24H30N4O2/c1-26(2)12-10-18-16-28(22-6-5-7-23(29)24(18)22)27(3)13-11-17-15-25-21-9-8-19(30-4)14-20(17)21/h5-9,14-16,25,29H,10-13H2,1-4H3. The molecule has 0 saturated heterocycles. The van der Waals surface area contributed by atoms with Gasteiger partial charge in [-0.25, -0.2) is 0 Å². The maximum Gasteiger partial charge on any atom is 0.125 e. The van der Waals surface area contributed by atoms with E-state index in [2.05, 4.69) is 71.3 Å². The fourth-order valence-corrected chi connectivity index (χ4v) is 4.03. The minimum Gasteiger partial charge on any atom is -0.507 e. The number of phenolic OH excluding ortho intramolecular Hbond substituents is 1. The Hall–Kier alpha value is -3.12. The van der Waals surface area contributed by atoms with Gasteiger partial charge in [0.05, 0.1) is 12.6 Å². The molecule has 0 aliphatic carbocycles. The van der Waals surface area contributed by atoms with Gasteiger partial charge in [-0.05, 0) is 68.4 Å². The van der Waals surface area contributed by atoms with Crippen LogP contribution in [-0.2, 0) is 12.8 Å². The molecule has 30 heavy (non-hydrogen) atoms. The van der Waals surface area contributed by atoms with Gasteiger partial charge in [0, 0.05) is 48.8 Å². The molecule has 2 N–H and O–H groups in total. The summed E-state index contributed by atoms with van der Waals surface area (Å²) < 4.78 is 7.55. The Bertz CT molecular complexity index is 1160. The third-order valence-corrected chi connectivity index (χ3v) is 5.74. The highest BCUT2D eigenvalue weighted by atomic mass is 16.5. The van der Waals surface area contributed by atoms with Gasteiger partial charge < -0.3 is 24.7 Å². The van der Waals surface area contributed by atoms with E-state index in [1.807, 2.05) is 12.1 Å². The highest BCUT2D eigenvalue weighted by molar-refractivity contribution is 5.90. The van der Waals surface area contributed by atoms with Crippen molar-refractivity contribution >= 4 is 21.8 Å². The molecule has 0 fully saturated rings. The molecule has 6 heteroatoms. The van der Waals surface area contributed by atoms with E-state index < -0.39 is 0 Å². The second-order valence-corrected chi connectivity index (χ2v) is 8.08. The molecule has 4 rings (SSSR count). The molecular weight excluding hydrogens is 376 g/mol. The molecule has 0 atom stereocenters. The average Bonchev–Trinajstić information content (AvgIpc) is 3.32. The van der Waals surface area contributed by atoms with Gasteiger partial charge in [0.25, 0.3) is 0 Å². The Balaban J connectivity index is 1.59. The first-order valence-corrected chi connectivity index (χ1v) is 10.3. The van der Waals surface area contributed by atoms with Gasteiger partial charge in [-0.3, -0.25) is 4.68 Å². The van der Waals surface area contributed by atoms with Crippen molar-refractivity contribution in [3.63, 3.8) is 0 Å². The van der Waals surface area contributed by atoms with E-state index in [4.69, 9.17) is 4.74 Å². The predicted octanol–water partition coefficient (Wildman–Crippen LogP) is 3.75. The number of H-pyrrole nitrogens is 1. The molecule has 0 spiro atoms. The molecule has 0 amide bonds. The fraction of sp³-hybridized carbons (Fsp3) is 0.333. The molecule has 2 aromatic carbocycles. The zero-order valence-corrected chi connectivity index (χ0v) is 18.1. The Morgan fingerprint density at radius 1 is 1.03 bits per heavy atom. The third kappa shape index (κ3) is 3.83. The van der Waals surface area contributed by atoms with Crippen LogP contribution in [0.2, 0.25) is 0 Å². The Morgan fingerprint density at radius 2 is 1.83 bits per heavy atom. The van der Waals surface area contributed by atoms with Crippen LogP contribution in [0.1, 0.15) is 11.1 Å². The lowest BCUT2D eigenvalue weighted by atomic mass is 10.1. The fourth-order valence-electron chi connectivity index (χ4n) is 4.03. The topological polar surface area (TPSA) is 56.7 Å². The number of nitrogens with zero attached hydrogens (tertiary/aromatic N) is 3. The molecule has 0 aliphatic heterocycles. The van der Waals surface area contributed by atoms with Crippen LogP contribution in [0.4, 0.5) is 0 Å². The first-order chi connectivity index (χ1) is 14.5. The Kier molecular flexibility index (Phi) is 5.59. The average molecular weight is 407 g/mol. The van der Waals surface area contributed by atoms with Gasteiger partial charge in [-0.2, -0.15) is 0 Å². The van der Waals surface area contributed by atoms with Crippen LogP contribution >= 0.6 is 0 Å². The van der Waals surface area contributed by atoms with Crippen molar-refractivity contribution in [1.29, 1.82) is 0 Å². The van der Waals surface area contributed by atoms with Crippen LogP contribution in [0.25, 0.3) is 21.8 Å². The number of phenols is 1. The summed E-state index contributed by atoms with van der Waals surface area (Å²) in [5.74, 6) is 1.21. The number of ether oxygens (including phenoxy) is 1. The molecule has 0 bridgehead atoms.